The number of nitrogens with zero attached hydrogens (tertiary/aromatic N) is 1. The molecule has 1 aromatic carbocycles. The van der Waals surface area contributed by atoms with Crippen molar-refractivity contribution in [2.24, 2.45) is 5.73 Å². The van der Waals surface area contributed by atoms with Gasteiger partial charge in [0.25, 0.3) is 5.91 Å². The number of amides is 2. The van der Waals surface area contributed by atoms with Gasteiger partial charge in [-0.3, -0.25) is 14.7 Å². The molecule has 1 heterocycles. The lowest BCUT2D eigenvalue weighted by Gasteiger charge is -2.21. The van der Waals surface area contributed by atoms with Gasteiger partial charge in [-0.05, 0) is 44.2 Å². The Kier molecular flexibility index (Phi) is 3.75. The number of carbonyl (C=O) groups excluding carboxylic acids is 2. The lowest BCUT2D eigenvalue weighted by Crippen LogP contribution is -2.53. The van der Waals surface area contributed by atoms with E-state index in [1.165, 1.54) is 32.0 Å². The van der Waals surface area contributed by atoms with E-state index in [0.717, 1.165) is 0 Å². The van der Waals surface area contributed by atoms with E-state index < -0.39 is 17.4 Å². The quantitative estimate of drug-likeness (QED) is 0.788. The first-order chi connectivity index (χ1) is 9.79. The summed E-state index contributed by atoms with van der Waals surface area (Å²) in [7, 11) is 0. The Hall–Kier alpha value is -2.70. The van der Waals surface area contributed by atoms with E-state index in [1.54, 1.807) is 12.1 Å². The molecule has 110 valence electrons. The van der Waals surface area contributed by atoms with E-state index >= 15 is 0 Å². The van der Waals surface area contributed by atoms with Crippen molar-refractivity contribution in [2.45, 2.75) is 19.4 Å². The number of halogens is 1. The topological polar surface area (TPSA) is 101 Å². The Morgan fingerprint density at radius 2 is 1.90 bits per heavy atom. The normalized spacial score (nSPS) is 11.2. The minimum Gasteiger partial charge on any atom is -0.368 e. The second-order valence-electron chi connectivity index (χ2n) is 5.12. The maximum absolute atomic E-state index is 12.9. The van der Waals surface area contributed by atoms with Crippen LogP contribution >= 0.6 is 0 Å². The van der Waals surface area contributed by atoms with Gasteiger partial charge in [0.05, 0.1) is 5.69 Å². The van der Waals surface area contributed by atoms with Crippen LogP contribution in [0.2, 0.25) is 0 Å². The monoisotopic (exact) mass is 290 g/mol. The maximum Gasteiger partial charge on any atom is 0.270 e. The van der Waals surface area contributed by atoms with Gasteiger partial charge in [-0.1, -0.05) is 0 Å². The second-order valence-corrected chi connectivity index (χ2v) is 5.12. The van der Waals surface area contributed by atoms with Crippen LogP contribution in [0.1, 0.15) is 24.3 Å². The van der Waals surface area contributed by atoms with Gasteiger partial charge in [0.15, 0.2) is 0 Å². The van der Waals surface area contributed by atoms with Crippen LogP contribution in [0.4, 0.5) is 4.39 Å². The summed E-state index contributed by atoms with van der Waals surface area (Å²) < 4.78 is 12.9. The zero-order chi connectivity index (χ0) is 15.6. The van der Waals surface area contributed by atoms with Crippen molar-refractivity contribution in [2.75, 3.05) is 0 Å². The average Bonchev–Trinajstić information content (AvgIpc) is 2.88. The molecule has 0 radical (unpaired) electrons. The number of nitrogens with two attached hydrogens (primary N) is 1. The van der Waals surface area contributed by atoms with E-state index in [-0.39, 0.29) is 11.5 Å². The third-order valence-corrected chi connectivity index (χ3v) is 3.00. The van der Waals surface area contributed by atoms with Gasteiger partial charge in [0.1, 0.15) is 17.1 Å². The third-order valence-electron chi connectivity index (χ3n) is 3.00. The third kappa shape index (κ3) is 3.25. The molecule has 2 aromatic rings. The number of primary amides is 1. The van der Waals surface area contributed by atoms with E-state index in [4.69, 9.17) is 5.73 Å². The molecule has 2 amide bonds. The lowest BCUT2D eigenvalue weighted by atomic mass is 10.0. The molecule has 4 N–H and O–H groups in total. The highest BCUT2D eigenvalue weighted by atomic mass is 19.1. The zero-order valence-corrected chi connectivity index (χ0v) is 11.6. The van der Waals surface area contributed by atoms with Crippen LogP contribution in [-0.2, 0) is 4.79 Å². The van der Waals surface area contributed by atoms with Crippen LogP contribution < -0.4 is 11.1 Å². The summed E-state index contributed by atoms with van der Waals surface area (Å²) in [6, 6.07) is 7.24. The highest BCUT2D eigenvalue weighted by Gasteiger charge is 2.28. The van der Waals surface area contributed by atoms with Crippen LogP contribution in [0.25, 0.3) is 11.3 Å². The van der Waals surface area contributed by atoms with Gasteiger partial charge in [0.2, 0.25) is 5.91 Å². The van der Waals surface area contributed by atoms with E-state index in [2.05, 4.69) is 15.5 Å². The molecule has 0 saturated carbocycles. The predicted molar refractivity (Wildman–Crippen MR) is 74.7 cm³/mol. The maximum atomic E-state index is 12.9. The Morgan fingerprint density at radius 3 is 2.48 bits per heavy atom. The number of nitrogens with one attached hydrogen (secondary N) is 2. The molecule has 0 aliphatic rings. The summed E-state index contributed by atoms with van der Waals surface area (Å²) in [5.74, 6) is -1.50. The molecule has 0 atom stereocenters. The van der Waals surface area contributed by atoms with Gasteiger partial charge in [-0.2, -0.15) is 5.10 Å². The number of hydrogen-bond donors (Lipinski definition) is 3. The fraction of sp³-hybridized carbons (Fsp3) is 0.214. The van der Waals surface area contributed by atoms with Crippen LogP contribution in [0.15, 0.2) is 30.3 Å². The summed E-state index contributed by atoms with van der Waals surface area (Å²) in [5.41, 5.74) is 5.37. The number of benzene rings is 1. The van der Waals surface area contributed by atoms with Gasteiger partial charge in [-0.15, -0.1) is 0 Å². The van der Waals surface area contributed by atoms with Gasteiger partial charge in [-0.25, -0.2) is 4.39 Å². The average molecular weight is 290 g/mol. The molecule has 0 saturated heterocycles. The standard InChI is InChI=1S/C14H15FN4O2/c1-14(2,13(16)21)17-12(20)11-7-10(18-19-11)8-3-5-9(15)6-4-8/h3-7H,1-2H3,(H2,16,21)(H,17,20)(H,18,19). The largest absolute Gasteiger partial charge is 0.368 e. The molecule has 1 aromatic heterocycles. The summed E-state index contributed by atoms with van der Waals surface area (Å²) in [6.07, 6.45) is 0. The SMILES string of the molecule is CC(C)(NC(=O)c1cc(-c2ccc(F)cc2)n[nH]1)C(N)=O. The molecular formula is C14H15FN4O2. The number of aromatic amines is 1. The number of carbonyl (C=O) groups is 2. The molecular weight excluding hydrogens is 275 g/mol. The first-order valence-electron chi connectivity index (χ1n) is 6.23. The van der Waals surface area contributed by atoms with E-state index in [9.17, 15) is 14.0 Å². The molecule has 0 unspecified atom stereocenters. The van der Waals surface area contributed by atoms with Crippen LogP contribution in [0.5, 0.6) is 0 Å². The Labute approximate surface area is 120 Å². The van der Waals surface area contributed by atoms with Crippen molar-refractivity contribution in [3.63, 3.8) is 0 Å². The number of H-pyrrole nitrogens is 1. The number of rotatable bonds is 4. The molecule has 6 nitrogen and oxygen atoms in total. The number of aromatic nitrogens is 2. The van der Waals surface area contributed by atoms with Crippen molar-refractivity contribution < 1.29 is 14.0 Å². The van der Waals surface area contributed by atoms with Crippen molar-refractivity contribution in [3.8, 4) is 11.3 Å². The Morgan fingerprint density at radius 1 is 1.29 bits per heavy atom. The van der Waals surface area contributed by atoms with Crippen LogP contribution in [-0.4, -0.2) is 27.6 Å². The summed E-state index contributed by atoms with van der Waals surface area (Å²) in [6.45, 7) is 3.01. The predicted octanol–water partition coefficient (Wildman–Crippen LogP) is 1.21. The molecule has 0 spiro atoms. The molecule has 7 heteroatoms. The van der Waals surface area contributed by atoms with Gasteiger partial charge in [0, 0.05) is 5.56 Å². The highest BCUT2D eigenvalue weighted by molar-refractivity contribution is 5.97. The van der Waals surface area contributed by atoms with Crippen molar-refractivity contribution >= 4 is 11.8 Å². The second kappa shape index (κ2) is 5.35. The highest BCUT2D eigenvalue weighted by Crippen LogP contribution is 2.18. The fourth-order valence-corrected chi connectivity index (χ4v) is 1.62. The summed E-state index contributed by atoms with van der Waals surface area (Å²) in [4.78, 5) is 23.2. The van der Waals surface area contributed by atoms with Crippen molar-refractivity contribution in [1.82, 2.24) is 15.5 Å². The molecule has 0 aliphatic heterocycles. The van der Waals surface area contributed by atoms with E-state index in [1.807, 2.05) is 0 Å². The molecule has 0 bridgehead atoms. The fourth-order valence-electron chi connectivity index (χ4n) is 1.62. The van der Waals surface area contributed by atoms with Crippen LogP contribution in [0, 0.1) is 5.82 Å². The number of hydrogen-bond acceptors (Lipinski definition) is 3. The molecule has 0 fully saturated rings. The molecule has 2 rings (SSSR count). The van der Waals surface area contributed by atoms with Gasteiger partial charge < -0.3 is 11.1 Å². The Bertz CT molecular complexity index is 677. The minimum atomic E-state index is -1.17. The van der Waals surface area contributed by atoms with Gasteiger partial charge >= 0.3 is 0 Å². The van der Waals surface area contributed by atoms with Crippen molar-refractivity contribution in [1.29, 1.82) is 0 Å². The first-order valence-corrected chi connectivity index (χ1v) is 6.23. The zero-order valence-electron chi connectivity index (χ0n) is 11.6. The summed E-state index contributed by atoms with van der Waals surface area (Å²) in [5, 5.41) is 9.06. The lowest BCUT2D eigenvalue weighted by molar-refractivity contribution is -0.122. The molecule has 0 aliphatic carbocycles. The summed E-state index contributed by atoms with van der Waals surface area (Å²) >= 11 is 0. The minimum absolute atomic E-state index is 0.184. The van der Waals surface area contributed by atoms with Crippen molar-refractivity contribution in [3.05, 3.63) is 41.8 Å². The van der Waals surface area contributed by atoms with E-state index in [0.29, 0.717) is 11.3 Å². The smallest absolute Gasteiger partial charge is 0.270 e. The molecule has 21 heavy (non-hydrogen) atoms. The first kappa shape index (κ1) is 14.7. The van der Waals surface area contributed by atoms with Crippen LogP contribution in [0.3, 0.4) is 0 Å². The Balaban J connectivity index is 2.18.